The molecule has 0 fully saturated rings. The maximum atomic E-state index is 11.9. The monoisotopic (exact) mass is 240 g/mol. The lowest BCUT2D eigenvalue weighted by Crippen LogP contribution is -2.43. The Kier molecular flexibility index (Phi) is 2.48. The van der Waals surface area contributed by atoms with E-state index in [0.29, 0.717) is 11.7 Å². The number of hydrogen-bond donors (Lipinski definition) is 0. The molecular formula is C17H20O. The number of carbonyl (C=O) groups is 1. The molecule has 0 heterocycles. The standard InChI is InChI=1S/C17H20O/c1-11-4-5-13-6-7-14-12(2)16(18)8-9-17(14,3)15(13)10-11/h4-5,8-10,12,14H,6-7H2,1-3H3/t12-,14-,17-/m1/s1. The number of fused-ring (bicyclic) bond motifs is 3. The van der Waals surface area contributed by atoms with Crippen LogP contribution in [0.4, 0.5) is 0 Å². The highest BCUT2D eigenvalue weighted by atomic mass is 16.1. The van der Waals surface area contributed by atoms with Gasteiger partial charge in [-0.15, -0.1) is 0 Å². The van der Waals surface area contributed by atoms with Crippen LogP contribution in [0.5, 0.6) is 0 Å². The summed E-state index contributed by atoms with van der Waals surface area (Å²) in [6.07, 6.45) is 6.20. The molecule has 94 valence electrons. The Hall–Kier alpha value is -1.37. The van der Waals surface area contributed by atoms with Crippen molar-refractivity contribution in [1.82, 2.24) is 0 Å². The van der Waals surface area contributed by atoms with Crippen LogP contribution in [0.2, 0.25) is 0 Å². The first-order valence-electron chi connectivity index (χ1n) is 6.85. The van der Waals surface area contributed by atoms with E-state index in [9.17, 15) is 4.79 Å². The highest BCUT2D eigenvalue weighted by molar-refractivity contribution is 5.93. The zero-order chi connectivity index (χ0) is 12.9. The zero-order valence-electron chi connectivity index (χ0n) is 11.4. The van der Waals surface area contributed by atoms with Crippen LogP contribution in [0.25, 0.3) is 0 Å². The Balaban J connectivity index is 2.19. The molecule has 18 heavy (non-hydrogen) atoms. The average molecular weight is 240 g/mol. The van der Waals surface area contributed by atoms with Crippen LogP contribution in [0.1, 0.15) is 37.0 Å². The Bertz CT molecular complexity index is 541. The lowest BCUT2D eigenvalue weighted by atomic mass is 9.57. The number of aryl methyl sites for hydroxylation is 2. The van der Waals surface area contributed by atoms with Gasteiger partial charge in [0.2, 0.25) is 0 Å². The number of rotatable bonds is 0. The van der Waals surface area contributed by atoms with Crippen LogP contribution < -0.4 is 0 Å². The normalized spacial score (nSPS) is 34.1. The Morgan fingerprint density at radius 3 is 2.89 bits per heavy atom. The molecule has 0 spiro atoms. The summed E-state index contributed by atoms with van der Waals surface area (Å²) in [4.78, 5) is 11.9. The molecule has 1 aromatic carbocycles. The molecule has 0 radical (unpaired) electrons. The predicted molar refractivity (Wildman–Crippen MR) is 73.7 cm³/mol. The molecule has 0 amide bonds. The van der Waals surface area contributed by atoms with E-state index in [2.05, 4.69) is 45.0 Å². The van der Waals surface area contributed by atoms with Crippen molar-refractivity contribution in [3.8, 4) is 0 Å². The molecule has 1 heteroatoms. The molecule has 0 bridgehead atoms. The minimum absolute atomic E-state index is 0.0485. The smallest absolute Gasteiger partial charge is 0.158 e. The topological polar surface area (TPSA) is 17.1 Å². The number of ketones is 1. The fourth-order valence-electron chi connectivity index (χ4n) is 3.81. The van der Waals surface area contributed by atoms with Gasteiger partial charge in [0.15, 0.2) is 5.78 Å². The molecule has 2 aliphatic rings. The lowest BCUT2D eigenvalue weighted by molar-refractivity contribution is -0.120. The fraction of sp³-hybridized carbons (Fsp3) is 0.471. The van der Waals surface area contributed by atoms with Gasteiger partial charge in [-0.05, 0) is 42.9 Å². The number of allylic oxidation sites excluding steroid dienone is 2. The first-order valence-corrected chi connectivity index (χ1v) is 6.85. The first kappa shape index (κ1) is 11.7. The van der Waals surface area contributed by atoms with Gasteiger partial charge in [0.1, 0.15) is 0 Å². The predicted octanol–water partition coefficient (Wildman–Crippen LogP) is 3.59. The molecule has 0 aromatic heterocycles. The molecule has 2 aliphatic carbocycles. The van der Waals surface area contributed by atoms with Crippen molar-refractivity contribution in [2.45, 2.75) is 39.0 Å². The quantitative estimate of drug-likeness (QED) is 0.677. The van der Waals surface area contributed by atoms with E-state index >= 15 is 0 Å². The number of benzene rings is 1. The maximum absolute atomic E-state index is 11.9. The van der Waals surface area contributed by atoms with E-state index in [0.717, 1.165) is 12.8 Å². The van der Waals surface area contributed by atoms with Crippen molar-refractivity contribution in [3.05, 3.63) is 47.0 Å². The summed E-state index contributed by atoms with van der Waals surface area (Å²) < 4.78 is 0. The lowest BCUT2D eigenvalue weighted by Gasteiger charge is -2.46. The number of carbonyl (C=O) groups excluding carboxylic acids is 1. The molecule has 0 unspecified atom stereocenters. The van der Waals surface area contributed by atoms with Crippen LogP contribution in [0.3, 0.4) is 0 Å². The Labute approximate surface area is 109 Å². The minimum atomic E-state index is 0.0485. The van der Waals surface area contributed by atoms with Crippen molar-refractivity contribution in [3.63, 3.8) is 0 Å². The molecule has 0 saturated carbocycles. The molecule has 3 atom stereocenters. The van der Waals surface area contributed by atoms with Crippen molar-refractivity contribution in [2.75, 3.05) is 0 Å². The summed E-state index contributed by atoms with van der Waals surface area (Å²) in [5, 5.41) is 0. The van der Waals surface area contributed by atoms with Gasteiger partial charge < -0.3 is 0 Å². The van der Waals surface area contributed by atoms with E-state index in [1.807, 2.05) is 0 Å². The fourth-order valence-corrected chi connectivity index (χ4v) is 3.81. The van der Waals surface area contributed by atoms with Gasteiger partial charge in [0.25, 0.3) is 0 Å². The second-order valence-electron chi connectivity index (χ2n) is 6.11. The molecule has 1 nitrogen and oxygen atoms in total. The van der Waals surface area contributed by atoms with Crippen molar-refractivity contribution in [1.29, 1.82) is 0 Å². The Morgan fingerprint density at radius 2 is 2.11 bits per heavy atom. The van der Waals surface area contributed by atoms with Crippen molar-refractivity contribution >= 4 is 5.78 Å². The molecule has 0 saturated heterocycles. The minimum Gasteiger partial charge on any atom is -0.295 e. The van der Waals surface area contributed by atoms with Crippen molar-refractivity contribution in [2.24, 2.45) is 11.8 Å². The summed E-state index contributed by atoms with van der Waals surface area (Å²) in [5.41, 5.74) is 4.26. The third-order valence-electron chi connectivity index (χ3n) is 4.99. The van der Waals surface area contributed by atoms with Gasteiger partial charge in [-0.3, -0.25) is 4.79 Å². The largest absolute Gasteiger partial charge is 0.295 e. The summed E-state index contributed by atoms with van der Waals surface area (Å²) in [6.45, 7) is 6.54. The summed E-state index contributed by atoms with van der Waals surface area (Å²) >= 11 is 0. The summed E-state index contributed by atoms with van der Waals surface area (Å²) in [5.74, 6) is 0.923. The third-order valence-corrected chi connectivity index (χ3v) is 4.99. The second kappa shape index (κ2) is 3.81. The molecular weight excluding hydrogens is 220 g/mol. The van der Waals surface area contributed by atoms with Crippen LogP contribution in [-0.4, -0.2) is 5.78 Å². The van der Waals surface area contributed by atoms with Gasteiger partial charge in [-0.1, -0.05) is 43.7 Å². The van der Waals surface area contributed by atoms with E-state index < -0.39 is 0 Å². The number of hydrogen-bond acceptors (Lipinski definition) is 1. The van der Waals surface area contributed by atoms with Crippen molar-refractivity contribution < 1.29 is 4.79 Å². The molecule has 1 aromatic rings. The third kappa shape index (κ3) is 1.50. The van der Waals surface area contributed by atoms with Crippen LogP contribution >= 0.6 is 0 Å². The highest BCUT2D eigenvalue weighted by Gasteiger charge is 2.45. The van der Waals surface area contributed by atoms with Gasteiger partial charge in [0.05, 0.1) is 0 Å². The average Bonchev–Trinajstić information content (AvgIpc) is 2.35. The van der Waals surface area contributed by atoms with Crippen LogP contribution in [-0.2, 0) is 16.6 Å². The van der Waals surface area contributed by atoms with E-state index in [4.69, 9.17) is 0 Å². The SMILES string of the molecule is Cc1ccc2c(c1)[C@]1(C)C=CC(=O)[C@H](C)[C@H]1CC2. The first-order chi connectivity index (χ1) is 8.52. The van der Waals surface area contributed by atoms with E-state index in [1.165, 1.54) is 16.7 Å². The molecule has 3 rings (SSSR count). The van der Waals surface area contributed by atoms with Gasteiger partial charge in [0, 0.05) is 11.3 Å². The maximum Gasteiger partial charge on any atom is 0.158 e. The van der Waals surface area contributed by atoms with Gasteiger partial charge >= 0.3 is 0 Å². The van der Waals surface area contributed by atoms with E-state index in [1.54, 1.807) is 6.08 Å². The highest BCUT2D eigenvalue weighted by Crippen LogP contribution is 2.48. The Morgan fingerprint density at radius 1 is 1.33 bits per heavy atom. The molecule has 0 aliphatic heterocycles. The zero-order valence-corrected chi connectivity index (χ0v) is 11.4. The second-order valence-corrected chi connectivity index (χ2v) is 6.11. The van der Waals surface area contributed by atoms with Gasteiger partial charge in [-0.2, -0.15) is 0 Å². The van der Waals surface area contributed by atoms with Gasteiger partial charge in [-0.25, -0.2) is 0 Å². The van der Waals surface area contributed by atoms with Crippen LogP contribution in [0, 0.1) is 18.8 Å². The van der Waals surface area contributed by atoms with Crippen LogP contribution in [0.15, 0.2) is 30.4 Å². The van der Waals surface area contributed by atoms with E-state index in [-0.39, 0.29) is 11.3 Å². The molecule has 0 N–H and O–H groups in total. The summed E-state index contributed by atoms with van der Waals surface area (Å²) in [7, 11) is 0. The summed E-state index contributed by atoms with van der Waals surface area (Å²) in [6, 6.07) is 6.78.